The summed E-state index contributed by atoms with van der Waals surface area (Å²) in [5.74, 6) is 0.669. The number of carbonyl (C=O) groups is 3. The van der Waals surface area contributed by atoms with Crippen LogP contribution in [0.25, 0.3) is 0 Å². The van der Waals surface area contributed by atoms with Gasteiger partial charge < -0.3 is 42.7 Å². The van der Waals surface area contributed by atoms with E-state index in [0.29, 0.717) is 104 Å². The molecule has 13 heteroatoms. The van der Waals surface area contributed by atoms with Gasteiger partial charge in [-0.1, -0.05) is 5.92 Å². The van der Waals surface area contributed by atoms with Gasteiger partial charge in [-0.15, -0.1) is 11.5 Å². The SMILES string of the molecule is C#CCOCCOCCOCCOCCOCCOCCOCCOCCC(=O)ON1C(=O)CCC1=O. The minimum Gasteiger partial charge on any atom is -0.378 e. The molecule has 1 aliphatic rings. The Bertz CT molecular complexity index is 638. The number of hydroxylamine groups is 2. The quantitative estimate of drug-likeness (QED) is 0.0823. The molecule has 37 heavy (non-hydrogen) atoms. The third kappa shape index (κ3) is 19.6. The molecule has 0 bridgehead atoms. The summed E-state index contributed by atoms with van der Waals surface area (Å²) in [5, 5.41) is 0.518. The van der Waals surface area contributed by atoms with Gasteiger partial charge in [-0.3, -0.25) is 9.59 Å². The monoisotopic (exact) mass is 533 g/mol. The lowest BCUT2D eigenvalue weighted by Crippen LogP contribution is -2.32. The minimum absolute atomic E-state index is 0.0625. The number of imide groups is 1. The number of ether oxygens (including phenoxy) is 8. The average molecular weight is 534 g/mol. The van der Waals surface area contributed by atoms with E-state index in [0.717, 1.165) is 0 Å². The molecule has 1 heterocycles. The van der Waals surface area contributed by atoms with Crippen LogP contribution in [0.1, 0.15) is 19.3 Å². The second kappa shape index (κ2) is 24.2. The maximum Gasteiger partial charge on any atom is 0.335 e. The lowest BCUT2D eigenvalue weighted by molar-refractivity contribution is -0.198. The lowest BCUT2D eigenvalue weighted by Gasteiger charge is -2.12. The number of amides is 2. The van der Waals surface area contributed by atoms with Gasteiger partial charge in [-0.2, -0.15) is 0 Å². The van der Waals surface area contributed by atoms with Gasteiger partial charge >= 0.3 is 5.97 Å². The zero-order valence-electron chi connectivity index (χ0n) is 21.4. The normalized spacial score (nSPS) is 13.3. The molecule has 1 fully saturated rings. The van der Waals surface area contributed by atoms with Crippen molar-refractivity contribution in [2.45, 2.75) is 19.3 Å². The van der Waals surface area contributed by atoms with Crippen LogP contribution in [0.5, 0.6) is 0 Å². The minimum atomic E-state index is -0.697. The van der Waals surface area contributed by atoms with Crippen molar-refractivity contribution in [2.24, 2.45) is 0 Å². The highest BCUT2D eigenvalue weighted by Crippen LogP contribution is 2.12. The molecule has 212 valence electrons. The third-order valence-corrected chi connectivity index (χ3v) is 4.44. The molecule has 0 radical (unpaired) electrons. The first-order chi connectivity index (χ1) is 18.1. The van der Waals surface area contributed by atoms with E-state index in [1.54, 1.807) is 0 Å². The topological polar surface area (TPSA) is 138 Å². The second-order valence-corrected chi connectivity index (χ2v) is 7.34. The van der Waals surface area contributed by atoms with Crippen LogP contribution in [0.4, 0.5) is 0 Å². The van der Waals surface area contributed by atoms with Crippen LogP contribution in [0.3, 0.4) is 0 Å². The van der Waals surface area contributed by atoms with E-state index in [1.807, 2.05) is 0 Å². The maximum atomic E-state index is 11.6. The molecular weight excluding hydrogens is 494 g/mol. The van der Waals surface area contributed by atoms with Crippen molar-refractivity contribution < 1.29 is 57.1 Å². The third-order valence-electron chi connectivity index (χ3n) is 4.44. The number of hydrogen-bond donors (Lipinski definition) is 0. The first-order valence-electron chi connectivity index (χ1n) is 12.3. The zero-order chi connectivity index (χ0) is 26.8. The zero-order valence-corrected chi connectivity index (χ0v) is 21.4. The fraction of sp³-hybridized carbons (Fsp3) is 0.792. The molecular formula is C24H39NO12. The summed E-state index contributed by atoms with van der Waals surface area (Å²) in [5.41, 5.74) is 0. The predicted octanol–water partition coefficient (Wildman–Crippen LogP) is -0.250. The Morgan fingerprint density at radius 1 is 0.595 bits per heavy atom. The molecule has 1 aliphatic heterocycles. The molecule has 0 aliphatic carbocycles. The molecule has 0 aromatic carbocycles. The van der Waals surface area contributed by atoms with E-state index in [2.05, 4.69) is 5.92 Å². The smallest absolute Gasteiger partial charge is 0.335 e. The van der Waals surface area contributed by atoms with Gasteiger partial charge in [0.05, 0.1) is 106 Å². The highest BCUT2D eigenvalue weighted by Gasteiger charge is 2.32. The van der Waals surface area contributed by atoms with Crippen molar-refractivity contribution in [3.8, 4) is 12.3 Å². The van der Waals surface area contributed by atoms with E-state index < -0.39 is 17.8 Å². The van der Waals surface area contributed by atoms with Crippen molar-refractivity contribution in [3.63, 3.8) is 0 Å². The fourth-order valence-corrected chi connectivity index (χ4v) is 2.63. The van der Waals surface area contributed by atoms with Crippen molar-refractivity contribution >= 4 is 17.8 Å². The van der Waals surface area contributed by atoms with Crippen LogP contribution >= 0.6 is 0 Å². The largest absolute Gasteiger partial charge is 0.378 e. The van der Waals surface area contributed by atoms with Crippen molar-refractivity contribution in [3.05, 3.63) is 0 Å². The van der Waals surface area contributed by atoms with Gasteiger partial charge in [0, 0.05) is 12.8 Å². The molecule has 0 saturated carbocycles. The van der Waals surface area contributed by atoms with Crippen LogP contribution in [0, 0.1) is 12.3 Å². The van der Waals surface area contributed by atoms with Crippen molar-refractivity contribution in [1.29, 1.82) is 0 Å². The summed E-state index contributed by atoms with van der Waals surface area (Å²) < 4.78 is 42.6. The van der Waals surface area contributed by atoms with Crippen molar-refractivity contribution in [1.82, 2.24) is 5.06 Å². The molecule has 0 spiro atoms. The van der Waals surface area contributed by atoms with Gasteiger partial charge in [0.1, 0.15) is 6.61 Å². The van der Waals surface area contributed by atoms with Gasteiger partial charge in [0.25, 0.3) is 11.8 Å². The van der Waals surface area contributed by atoms with Crippen LogP contribution < -0.4 is 0 Å². The lowest BCUT2D eigenvalue weighted by atomic mass is 10.4. The molecule has 0 aromatic heterocycles. The molecule has 0 N–H and O–H groups in total. The summed E-state index contributed by atoms with van der Waals surface area (Å²) in [4.78, 5) is 39.0. The molecule has 2 amide bonds. The number of rotatable bonds is 26. The first kappa shape index (κ1) is 32.9. The standard InChI is InChI=1S/C24H39NO12/c1-2-6-29-8-10-31-12-14-33-16-18-35-20-21-36-19-17-34-15-13-32-11-9-30-7-5-24(28)37-25-22(26)3-4-23(25)27/h1H,3-21H2. The maximum absolute atomic E-state index is 11.6. The number of terminal acetylenes is 1. The van der Waals surface area contributed by atoms with E-state index in [-0.39, 0.29) is 25.9 Å². The Kier molecular flexibility index (Phi) is 21.5. The van der Waals surface area contributed by atoms with Gasteiger partial charge in [0.2, 0.25) is 0 Å². The van der Waals surface area contributed by atoms with E-state index in [1.165, 1.54) is 0 Å². The molecule has 0 unspecified atom stereocenters. The Labute approximate surface area is 217 Å². The molecule has 1 rings (SSSR count). The highest BCUT2D eigenvalue weighted by molar-refractivity contribution is 6.01. The van der Waals surface area contributed by atoms with E-state index >= 15 is 0 Å². The molecule has 13 nitrogen and oxygen atoms in total. The van der Waals surface area contributed by atoms with Crippen molar-refractivity contribution in [2.75, 3.05) is 106 Å². The van der Waals surface area contributed by atoms with Gasteiger partial charge in [-0.05, 0) is 0 Å². The average Bonchev–Trinajstić information content (AvgIpc) is 3.20. The summed E-state index contributed by atoms with van der Waals surface area (Å²) >= 11 is 0. The Hall–Kier alpha value is -2.15. The summed E-state index contributed by atoms with van der Waals surface area (Å²) in [6, 6.07) is 0. The Balaban J connectivity index is 1.70. The summed E-state index contributed by atoms with van der Waals surface area (Å²) in [6.45, 7) is 6.61. The van der Waals surface area contributed by atoms with Gasteiger partial charge in [0.15, 0.2) is 0 Å². The van der Waals surface area contributed by atoms with Crippen LogP contribution in [-0.4, -0.2) is 129 Å². The highest BCUT2D eigenvalue weighted by atomic mass is 16.7. The van der Waals surface area contributed by atoms with Crippen LogP contribution in [-0.2, 0) is 57.1 Å². The van der Waals surface area contributed by atoms with E-state index in [4.69, 9.17) is 49.2 Å². The summed E-state index contributed by atoms with van der Waals surface area (Å²) in [7, 11) is 0. The number of nitrogens with zero attached hydrogens (tertiary/aromatic N) is 1. The molecule has 0 atom stereocenters. The number of hydrogen-bond acceptors (Lipinski definition) is 12. The van der Waals surface area contributed by atoms with Crippen LogP contribution in [0.15, 0.2) is 0 Å². The first-order valence-corrected chi connectivity index (χ1v) is 12.3. The van der Waals surface area contributed by atoms with Crippen LogP contribution in [0.2, 0.25) is 0 Å². The Morgan fingerprint density at radius 2 is 0.919 bits per heavy atom. The number of carbonyl (C=O) groups excluding carboxylic acids is 3. The van der Waals surface area contributed by atoms with Gasteiger partial charge in [-0.25, -0.2) is 4.79 Å². The Morgan fingerprint density at radius 3 is 1.27 bits per heavy atom. The molecule has 1 saturated heterocycles. The summed E-state index contributed by atoms with van der Waals surface area (Å²) in [6.07, 6.45) is 5.11. The predicted molar refractivity (Wildman–Crippen MR) is 127 cm³/mol. The molecule has 0 aromatic rings. The fourth-order valence-electron chi connectivity index (χ4n) is 2.63. The second-order valence-electron chi connectivity index (χ2n) is 7.34. The van der Waals surface area contributed by atoms with E-state index in [9.17, 15) is 14.4 Å².